The summed E-state index contributed by atoms with van der Waals surface area (Å²) in [6, 6.07) is 3.96. The van der Waals surface area contributed by atoms with Gasteiger partial charge in [0.2, 0.25) is 17.6 Å². The highest BCUT2D eigenvalue weighted by atomic mass is 32.1. The molecule has 6 nitrogen and oxygen atoms in total. The highest BCUT2D eigenvalue weighted by Gasteiger charge is 2.25. The monoisotopic (exact) mass is 334 g/mol. The Balaban J connectivity index is 1.52. The molecule has 1 fully saturated rings. The van der Waals surface area contributed by atoms with E-state index in [1.54, 1.807) is 11.3 Å². The van der Waals surface area contributed by atoms with Gasteiger partial charge in [-0.2, -0.15) is 4.98 Å². The van der Waals surface area contributed by atoms with Crippen molar-refractivity contribution in [3.05, 3.63) is 23.4 Å². The lowest BCUT2D eigenvalue weighted by atomic mass is 10.1. The number of aromatic nitrogens is 2. The normalized spacial score (nSPS) is 17.4. The Morgan fingerprint density at radius 2 is 2.17 bits per heavy atom. The van der Waals surface area contributed by atoms with E-state index in [0.717, 1.165) is 37.5 Å². The molecule has 3 rings (SSSR count). The van der Waals surface area contributed by atoms with Crippen molar-refractivity contribution in [2.24, 2.45) is 5.92 Å². The van der Waals surface area contributed by atoms with Crippen molar-refractivity contribution in [1.82, 2.24) is 19.9 Å². The van der Waals surface area contributed by atoms with Crippen molar-refractivity contribution in [3.63, 3.8) is 0 Å². The van der Waals surface area contributed by atoms with E-state index in [1.807, 2.05) is 29.3 Å². The molecular formula is C16H22N4O2S. The molecule has 1 unspecified atom stereocenters. The van der Waals surface area contributed by atoms with Gasteiger partial charge in [-0.1, -0.05) is 25.1 Å². The van der Waals surface area contributed by atoms with Gasteiger partial charge in [-0.25, -0.2) is 0 Å². The van der Waals surface area contributed by atoms with Crippen molar-refractivity contribution >= 4 is 17.2 Å². The van der Waals surface area contributed by atoms with E-state index in [-0.39, 0.29) is 11.8 Å². The maximum Gasteiger partial charge on any atom is 0.241 e. The van der Waals surface area contributed by atoms with Crippen LogP contribution in [0.3, 0.4) is 0 Å². The number of amides is 1. The maximum atomic E-state index is 12.2. The highest BCUT2D eigenvalue weighted by Crippen LogP contribution is 2.21. The summed E-state index contributed by atoms with van der Waals surface area (Å²) >= 11 is 1.60. The van der Waals surface area contributed by atoms with E-state index in [0.29, 0.717) is 18.3 Å². The summed E-state index contributed by atoms with van der Waals surface area (Å²) in [6.07, 6.45) is 0.895. The summed E-state index contributed by atoms with van der Waals surface area (Å²) in [5, 5.41) is 6.03. The maximum absolute atomic E-state index is 12.2. The fourth-order valence-corrected chi connectivity index (χ4v) is 3.28. The van der Waals surface area contributed by atoms with E-state index in [1.165, 1.54) is 0 Å². The largest absolute Gasteiger partial charge is 0.340 e. The van der Waals surface area contributed by atoms with Crippen LogP contribution in [0.1, 0.15) is 26.2 Å². The number of hydrogen-bond acceptors (Lipinski definition) is 6. The van der Waals surface area contributed by atoms with Crippen LogP contribution >= 0.6 is 11.3 Å². The second kappa shape index (κ2) is 7.23. The predicted molar refractivity (Wildman–Crippen MR) is 88.9 cm³/mol. The van der Waals surface area contributed by atoms with Crippen LogP contribution in [0.15, 0.2) is 22.0 Å². The van der Waals surface area contributed by atoms with Crippen molar-refractivity contribution < 1.29 is 9.32 Å². The van der Waals surface area contributed by atoms with Gasteiger partial charge in [-0.15, -0.1) is 11.3 Å². The summed E-state index contributed by atoms with van der Waals surface area (Å²) in [6.45, 7) is 7.94. The highest BCUT2D eigenvalue weighted by molar-refractivity contribution is 7.13. The molecule has 0 radical (unpaired) electrons. The standard InChI is InChI=1S/C16H22N4O2S/c1-3-12(2)16(21)20-8-6-19(7-9-20)11-14-17-15(18-22-14)13-5-4-10-23-13/h4-5,10,12H,3,6-9,11H2,1-2H3. The van der Waals surface area contributed by atoms with Crippen molar-refractivity contribution in [2.45, 2.75) is 26.8 Å². The molecule has 0 spiro atoms. The van der Waals surface area contributed by atoms with Gasteiger partial charge in [0.1, 0.15) is 0 Å². The van der Waals surface area contributed by atoms with Crippen LogP contribution in [0.5, 0.6) is 0 Å². The van der Waals surface area contributed by atoms with Crippen molar-refractivity contribution in [3.8, 4) is 10.7 Å². The van der Waals surface area contributed by atoms with Gasteiger partial charge in [-0.3, -0.25) is 9.69 Å². The van der Waals surface area contributed by atoms with Gasteiger partial charge in [0.15, 0.2) is 0 Å². The molecule has 1 aliphatic rings. The molecule has 7 heteroatoms. The Kier molecular flexibility index (Phi) is 5.07. The van der Waals surface area contributed by atoms with E-state index in [9.17, 15) is 4.79 Å². The van der Waals surface area contributed by atoms with Crippen LogP contribution in [0, 0.1) is 5.92 Å². The van der Waals surface area contributed by atoms with Crippen molar-refractivity contribution in [1.29, 1.82) is 0 Å². The first-order valence-electron chi connectivity index (χ1n) is 8.05. The zero-order valence-corrected chi connectivity index (χ0v) is 14.4. The van der Waals surface area contributed by atoms with E-state index >= 15 is 0 Å². The number of thiophene rings is 1. The third kappa shape index (κ3) is 3.79. The molecule has 124 valence electrons. The molecule has 0 aromatic carbocycles. The first-order chi connectivity index (χ1) is 11.2. The lowest BCUT2D eigenvalue weighted by Gasteiger charge is -2.35. The van der Waals surface area contributed by atoms with Gasteiger partial charge >= 0.3 is 0 Å². The van der Waals surface area contributed by atoms with E-state index in [4.69, 9.17) is 4.52 Å². The fraction of sp³-hybridized carbons (Fsp3) is 0.562. The molecule has 1 atom stereocenters. The van der Waals surface area contributed by atoms with E-state index < -0.39 is 0 Å². The van der Waals surface area contributed by atoms with Gasteiger partial charge in [0, 0.05) is 32.1 Å². The SMILES string of the molecule is CCC(C)C(=O)N1CCN(Cc2nc(-c3cccs3)no2)CC1. The Bertz CT molecular complexity index is 632. The van der Waals surface area contributed by atoms with Gasteiger partial charge in [0.05, 0.1) is 11.4 Å². The lowest BCUT2D eigenvalue weighted by molar-refractivity contribution is -0.136. The lowest BCUT2D eigenvalue weighted by Crippen LogP contribution is -2.49. The molecule has 1 amide bonds. The van der Waals surface area contributed by atoms with Crippen LogP contribution in [0.2, 0.25) is 0 Å². The third-order valence-corrected chi connectivity index (χ3v) is 5.15. The minimum absolute atomic E-state index is 0.117. The van der Waals surface area contributed by atoms with Crippen LogP contribution in [-0.4, -0.2) is 52.0 Å². The molecule has 2 aromatic heterocycles. The molecule has 0 bridgehead atoms. The van der Waals surface area contributed by atoms with Crippen LogP contribution in [0.25, 0.3) is 10.7 Å². The molecule has 23 heavy (non-hydrogen) atoms. The van der Waals surface area contributed by atoms with Gasteiger partial charge in [-0.05, 0) is 17.9 Å². The predicted octanol–water partition coefficient (Wildman–Crippen LogP) is 2.49. The molecule has 3 heterocycles. The number of carbonyl (C=O) groups excluding carboxylic acids is 1. The number of rotatable bonds is 5. The molecule has 2 aromatic rings. The summed E-state index contributed by atoms with van der Waals surface area (Å²) < 4.78 is 5.34. The Hall–Kier alpha value is -1.73. The first kappa shape index (κ1) is 16.1. The zero-order valence-electron chi connectivity index (χ0n) is 13.6. The van der Waals surface area contributed by atoms with Crippen LogP contribution < -0.4 is 0 Å². The fourth-order valence-electron chi connectivity index (χ4n) is 2.63. The second-order valence-corrected chi connectivity index (χ2v) is 6.85. The average Bonchev–Trinajstić information content (AvgIpc) is 3.25. The molecule has 0 N–H and O–H groups in total. The molecule has 0 saturated carbocycles. The minimum atomic E-state index is 0.117. The van der Waals surface area contributed by atoms with Crippen LogP contribution in [-0.2, 0) is 11.3 Å². The van der Waals surface area contributed by atoms with Crippen LogP contribution in [0.4, 0.5) is 0 Å². The average molecular weight is 334 g/mol. The van der Waals surface area contributed by atoms with E-state index in [2.05, 4.69) is 22.0 Å². The Labute approximate surface area is 140 Å². The minimum Gasteiger partial charge on any atom is -0.340 e. The number of nitrogens with zero attached hydrogens (tertiary/aromatic N) is 4. The zero-order chi connectivity index (χ0) is 16.2. The molecule has 1 saturated heterocycles. The third-order valence-electron chi connectivity index (χ3n) is 4.29. The number of hydrogen-bond donors (Lipinski definition) is 0. The topological polar surface area (TPSA) is 62.5 Å². The summed E-state index contributed by atoms with van der Waals surface area (Å²) in [4.78, 5) is 21.9. The summed E-state index contributed by atoms with van der Waals surface area (Å²) in [5.41, 5.74) is 0. The van der Waals surface area contributed by atoms with Gasteiger partial charge in [0.25, 0.3) is 0 Å². The van der Waals surface area contributed by atoms with Gasteiger partial charge < -0.3 is 9.42 Å². The second-order valence-electron chi connectivity index (χ2n) is 5.90. The first-order valence-corrected chi connectivity index (χ1v) is 8.93. The molecule has 0 aliphatic carbocycles. The summed E-state index contributed by atoms with van der Waals surface area (Å²) in [7, 11) is 0. The Morgan fingerprint density at radius 3 is 2.83 bits per heavy atom. The molecular weight excluding hydrogens is 312 g/mol. The van der Waals surface area contributed by atoms with Crippen molar-refractivity contribution in [2.75, 3.05) is 26.2 Å². The number of piperazine rings is 1. The summed E-state index contributed by atoms with van der Waals surface area (Å²) in [5.74, 6) is 1.67. The quantitative estimate of drug-likeness (QED) is 0.840. The smallest absolute Gasteiger partial charge is 0.241 e. The molecule has 1 aliphatic heterocycles. The Morgan fingerprint density at radius 1 is 1.39 bits per heavy atom. The number of carbonyl (C=O) groups is 1.